The van der Waals surface area contributed by atoms with E-state index in [9.17, 15) is 22.8 Å². The van der Waals surface area contributed by atoms with E-state index >= 15 is 0 Å². The minimum absolute atomic E-state index is 0.0312. The number of halogens is 3. The van der Waals surface area contributed by atoms with Gasteiger partial charge in [0.25, 0.3) is 0 Å². The molecule has 3 amide bonds. The summed E-state index contributed by atoms with van der Waals surface area (Å²) in [5.74, 6) is -0.781. The zero-order valence-corrected chi connectivity index (χ0v) is 21.6. The fourth-order valence-electron chi connectivity index (χ4n) is 4.08. The molecule has 0 saturated carbocycles. The molecule has 1 aliphatic rings. The molecule has 3 aromatic rings. The molecule has 1 unspecified atom stereocenters. The van der Waals surface area contributed by atoms with Gasteiger partial charge in [0.1, 0.15) is 16.0 Å². The molecule has 4 rings (SSSR count). The molecule has 38 heavy (non-hydrogen) atoms. The Kier molecular flexibility index (Phi) is 7.46. The van der Waals surface area contributed by atoms with Gasteiger partial charge in [-0.2, -0.15) is 13.2 Å². The number of primary amides is 1. The summed E-state index contributed by atoms with van der Waals surface area (Å²) in [5.41, 5.74) is 3.65. The number of carbonyl (C=O) groups excluding carboxylic acids is 2. The number of thiazole rings is 1. The maximum Gasteiger partial charge on any atom is 0.404 e. The third kappa shape index (κ3) is 5.65. The second-order valence-electron chi connectivity index (χ2n) is 9.58. The van der Waals surface area contributed by atoms with Crippen molar-refractivity contribution in [2.75, 3.05) is 0 Å². The van der Waals surface area contributed by atoms with Crippen LogP contribution in [0.3, 0.4) is 0 Å². The second kappa shape index (κ2) is 10.4. The lowest BCUT2D eigenvalue weighted by Gasteiger charge is -2.34. The summed E-state index contributed by atoms with van der Waals surface area (Å²) in [6, 6.07) is 17.8. The van der Waals surface area contributed by atoms with Gasteiger partial charge in [0, 0.05) is 29.0 Å². The van der Waals surface area contributed by atoms with Crippen LogP contribution in [0.5, 0.6) is 0 Å². The van der Waals surface area contributed by atoms with E-state index in [1.54, 1.807) is 0 Å². The molecule has 1 aromatic heterocycles. The van der Waals surface area contributed by atoms with E-state index < -0.39 is 35.5 Å². The summed E-state index contributed by atoms with van der Waals surface area (Å²) in [7, 11) is 0. The van der Waals surface area contributed by atoms with Gasteiger partial charge in [-0.15, -0.1) is 11.3 Å². The normalized spacial score (nSPS) is 17.6. The molecule has 0 spiro atoms. The fourth-order valence-corrected chi connectivity index (χ4v) is 5.39. The number of amides is 3. The van der Waals surface area contributed by atoms with Crippen LogP contribution in [-0.4, -0.2) is 28.6 Å². The van der Waals surface area contributed by atoms with Crippen LogP contribution in [0.25, 0.3) is 11.3 Å². The predicted octanol–water partition coefficient (Wildman–Crippen LogP) is 5.61. The molecular formula is C28H27F3N4O2S. The van der Waals surface area contributed by atoms with Gasteiger partial charge in [-0.3, -0.25) is 4.79 Å². The van der Waals surface area contributed by atoms with E-state index in [-0.39, 0.29) is 10.7 Å². The lowest BCUT2D eigenvalue weighted by Crippen LogP contribution is -2.56. The van der Waals surface area contributed by atoms with Crippen molar-refractivity contribution in [3.05, 3.63) is 100 Å². The van der Waals surface area contributed by atoms with Crippen LogP contribution in [0, 0.1) is 0 Å². The van der Waals surface area contributed by atoms with Gasteiger partial charge < -0.3 is 16.4 Å². The third-order valence-corrected chi connectivity index (χ3v) is 7.54. The molecule has 0 radical (unpaired) electrons. The van der Waals surface area contributed by atoms with Crippen LogP contribution < -0.4 is 16.4 Å². The van der Waals surface area contributed by atoms with Gasteiger partial charge in [0.15, 0.2) is 0 Å². The molecule has 1 aliphatic carbocycles. The summed E-state index contributed by atoms with van der Waals surface area (Å²) in [4.78, 5) is 29.3. The number of nitrogens with two attached hydrogens (primary N) is 1. The zero-order chi connectivity index (χ0) is 27.6. The predicted molar refractivity (Wildman–Crippen MR) is 141 cm³/mol. The lowest BCUT2D eigenvalue weighted by molar-refractivity contribution is -0.176. The Morgan fingerprint density at radius 2 is 1.68 bits per heavy atom. The van der Waals surface area contributed by atoms with Crippen LogP contribution in [0.15, 0.2) is 84.6 Å². The van der Waals surface area contributed by atoms with E-state index in [0.717, 1.165) is 28.5 Å². The molecule has 0 aliphatic heterocycles. The largest absolute Gasteiger partial charge is 0.404 e. The Balaban J connectivity index is 1.71. The Morgan fingerprint density at radius 3 is 2.29 bits per heavy atom. The zero-order valence-electron chi connectivity index (χ0n) is 20.8. The minimum atomic E-state index is -4.70. The summed E-state index contributed by atoms with van der Waals surface area (Å²) in [5, 5.41) is 4.72. The number of alkyl halides is 3. The number of carbonyl (C=O) groups is 2. The average Bonchev–Trinajstić information content (AvgIpc) is 3.28. The van der Waals surface area contributed by atoms with Crippen molar-refractivity contribution in [3.63, 3.8) is 0 Å². The molecular weight excluding hydrogens is 513 g/mol. The summed E-state index contributed by atoms with van der Waals surface area (Å²) in [6.45, 7) is 2.80. The highest BCUT2D eigenvalue weighted by atomic mass is 32.1. The Morgan fingerprint density at radius 1 is 1.05 bits per heavy atom. The first-order valence-electron chi connectivity index (χ1n) is 11.8. The van der Waals surface area contributed by atoms with Crippen molar-refractivity contribution in [1.82, 2.24) is 15.6 Å². The number of benzene rings is 2. The number of nitrogens with zero attached hydrogens (tertiary/aromatic N) is 1. The quantitative estimate of drug-likeness (QED) is 0.364. The first-order chi connectivity index (χ1) is 17.9. The second-order valence-corrected chi connectivity index (χ2v) is 10.7. The fraction of sp³-hybridized carbons (Fsp3) is 0.250. The standard InChI is InChI=1S/C28H27F3N4O2S/c1-26(2,23(32)36)35-25(37)33-20-14-9-15-27(17-20,28(29,30)31)24-34-22(19-12-7-4-8-13-19)21(38-24)16-18-10-5-3-6-11-18/h3-15H,16-17H2,1-2H3,(H2,32,36)(H2,33,35,37). The third-order valence-electron chi connectivity index (χ3n) is 6.30. The van der Waals surface area contributed by atoms with Crippen LogP contribution in [-0.2, 0) is 16.6 Å². The molecule has 0 fully saturated rings. The van der Waals surface area contributed by atoms with Crippen molar-refractivity contribution < 1.29 is 22.8 Å². The van der Waals surface area contributed by atoms with Crippen molar-refractivity contribution in [2.45, 2.75) is 43.8 Å². The summed E-state index contributed by atoms with van der Waals surface area (Å²) in [6.07, 6.45) is -1.09. The number of allylic oxidation sites excluding steroid dienone is 4. The Hall–Kier alpha value is -3.92. The van der Waals surface area contributed by atoms with Crippen molar-refractivity contribution in [1.29, 1.82) is 0 Å². The smallest absolute Gasteiger partial charge is 0.368 e. The Labute approximate surface area is 222 Å². The van der Waals surface area contributed by atoms with Gasteiger partial charge in [-0.1, -0.05) is 72.8 Å². The molecule has 4 N–H and O–H groups in total. The topological polar surface area (TPSA) is 97.1 Å². The Bertz CT molecular complexity index is 1380. The van der Waals surface area contributed by atoms with E-state index in [0.29, 0.717) is 17.0 Å². The van der Waals surface area contributed by atoms with E-state index in [2.05, 4.69) is 15.6 Å². The van der Waals surface area contributed by atoms with Crippen molar-refractivity contribution >= 4 is 23.3 Å². The summed E-state index contributed by atoms with van der Waals surface area (Å²) < 4.78 is 44.5. The van der Waals surface area contributed by atoms with Crippen LogP contribution in [0.4, 0.5) is 18.0 Å². The maximum absolute atomic E-state index is 14.8. The molecule has 6 nitrogen and oxygen atoms in total. The molecule has 0 bridgehead atoms. The lowest BCUT2D eigenvalue weighted by atomic mass is 9.80. The molecule has 0 saturated heterocycles. The molecule has 10 heteroatoms. The number of hydrogen-bond acceptors (Lipinski definition) is 4. The van der Waals surface area contributed by atoms with Gasteiger partial charge in [-0.25, -0.2) is 9.78 Å². The average molecular weight is 541 g/mol. The first-order valence-corrected chi connectivity index (χ1v) is 12.7. The van der Waals surface area contributed by atoms with Crippen molar-refractivity contribution in [2.24, 2.45) is 5.73 Å². The highest BCUT2D eigenvalue weighted by Crippen LogP contribution is 2.50. The van der Waals surface area contributed by atoms with Crippen LogP contribution in [0.1, 0.15) is 35.7 Å². The van der Waals surface area contributed by atoms with Gasteiger partial charge in [0.05, 0.1) is 5.69 Å². The number of hydrogen-bond donors (Lipinski definition) is 3. The molecule has 198 valence electrons. The maximum atomic E-state index is 14.8. The number of nitrogens with one attached hydrogen (secondary N) is 2. The van der Waals surface area contributed by atoms with Crippen molar-refractivity contribution in [3.8, 4) is 11.3 Å². The highest BCUT2D eigenvalue weighted by molar-refractivity contribution is 7.12. The van der Waals surface area contributed by atoms with E-state index in [4.69, 9.17) is 5.73 Å². The first kappa shape index (κ1) is 27.1. The van der Waals surface area contributed by atoms with Crippen LogP contribution >= 0.6 is 11.3 Å². The SMILES string of the molecule is CC(C)(NC(=O)NC1=CC=CC(c2nc(-c3ccccc3)c(Cc3ccccc3)s2)(C(F)(F)F)C1)C(N)=O. The van der Waals surface area contributed by atoms with E-state index in [1.807, 2.05) is 60.7 Å². The number of rotatable bonds is 7. The molecule has 1 atom stereocenters. The monoisotopic (exact) mass is 540 g/mol. The molecule has 2 aromatic carbocycles. The number of urea groups is 1. The highest BCUT2D eigenvalue weighted by Gasteiger charge is 2.57. The van der Waals surface area contributed by atoms with E-state index in [1.165, 1.54) is 26.0 Å². The van der Waals surface area contributed by atoms with Crippen LogP contribution in [0.2, 0.25) is 0 Å². The summed E-state index contributed by atoms with van der Waals surface area (Å²) >= 11 is 1.02. The molecule has 1 heterocycles. The minimum Gasteiger partial charge on any atom is -0.368 e. The van der Waals surface area contributed by atoms with Gasteiger partial charge in [-0.05, 0) is 25.5 Å². The number of aromatic nitrogens is 1. The van der Waals surface area contributed by atoms with Gasteiger partial charge in [0.2, 0.25) is 5.91 Å². The van der Waals surface area contributed by atoms with Gasteiger partial charge >= 0.3 is 12.2 Å².